The van der Waals surface area contributed by atoms with E-state index in [1.165, 1.54) is 5.56 Å². The Labute approximate surface area is 163 Å². The number of aromatic nitrogens is 4. The Morgan fingerprint density at radius 1 is 0.962 bits per heavy atom. The Morgan fingerprint density at radius 2 is 1.62 bits per heavy atom. The average Bonchev–Trinajstić information content (AvgIpc) is 2.95. The minimum Gasteiger partial charge on any atom is -1.00 e. The van der Waals surface area contributed by atoms with Gasteiger partial charge < -0.3 is 17.0 Å². The van der Waals surface area contributed by atoms with E-state index in [0.717, 1.165) is 28.8 Å². The molecular formula is C20H20BrN5. The molecule has 0 unspecified atom stereocenters. The monoisotopic (exact) mass is 409 g/mol. The third-order valence-electron chi connectivity index (χ3n) is 4.12. The molecule has 1 N–H and O–H groups in total. The van der Waals surface area contributed by atoms with E-state index in [0.29, 0.717) is 6.54 Å². The molecule has 0 spiro atoms. The van der Waals surface area contributed by atoms with Crippen molar-refractivity contribution >= 4 is 17.4 Å². The van der Waals surface area contributed by atoms with Gasteiger partial charge in [0.05, 0.1) is 23.6 Å². The van der Waals surface area contributed by atoms with Gasteiger partial charge in [-0.25, -0.2) is 4.57 Å². The number of nitrogens with zero attached hydrogens (tertiary/aromatic N) is 4. The number of anilines is 2. The van der Waals surface area contributed by atoms with Crippen LogP contribution < -0.4 is 26.9 Å². The van der Waals surface area contributed by atoms with E-state index >= 15 is 0 Å². The summed E-state index contributed by atoms with van der Waals surface area (Å²) in [5, 5.41) is 8.17. The number of rotatable bonds is 4. The van der Waals surface area contributed by atoms with Crippen LogP contribution in [0.2, 0.25) is 0 Å². The first-order chi connectivity index (χ1) is 12.2. The summed E-state index contributed by atoms with van der Waals surface area (Å²) in [5.74, 6) is 1.61. The summed E-state index contributed by atoms with van der Waals surface area (Å²) >= 11 is 0. The summed E-state index contributed by atoms with van der Waals surface area (Å²) < 4.78 is 4.00. The summed E-state index contributed by atoms with van der Waals surface area (Å²) in [6.45, 7) is 4.76. The smallest absolute Gasteiger partial charge is 0.359 e. The lowest BCUT2D eigenvalue weighted by Gasteiger charge is -2.04. The summed E-state index contributed by atoms with van der Waals surface area (Å²) in [6.07, 6.45) is 0. The van der Waals surface area contributed by atoms with Gasteiger partial charge in [-0.1, -0.05) is 48.5 Å². The largest absolute Gasteiger partial charge is 1.00 e. The summed E-state index contributed by atoms with van der Waals surface area (Å²) in [4.78, 5) is 4.72. The van der Waals surface area contributed by atoms with Crippen molar-refractivity contribution in [1.82, 2.24) is 14.6 Å². The van der Waals surface area contributed by atoms with E-state index in [2.05, 4.69) is 34.1 Å². The lowest BCUT2D eigenvalue weighted by molar-refractivity contribution is -0.651. The Hall–Kier alpha value is -2.73. The SMILES string of the molecule is Cc1cc(C)n2nc(Nc3ccccc3)[n+](Cc3ccccc3)c2n1.[Br-]. The van der Waals surface area contributed by atoms with Gasteiger partial charge in [0, 0.05) is 11.2 Å². The van der Waals surface area contributed by atoms with Crippen molar-refractivity contribution in [3.8, 4) is 0 Å². The summed E-state index contributed by atoms with van der Waals surface area (Å²) in [6, 6.07) is 22.5. The molecule has 2 heterocycles. The third-order valence-corrected chi connectivity index (χ3v) is 4.12. The number of hydrogen-bond acceptors (Lipinski definition) is 3. The maximum atomic E-state index is 4.75. The van der Waals surface area contributed by atoms with Crippen LogP contribution in [0.15, 0.2) is 66.7 Å². The molecule has 0 bridgehead atoms. The number of aryl methyl sites for hydroxylation is 2. The van der Waals surface area contributed by atoms with Crippen LogP contribution in [0.1, 0.15) is 17.0 Å². The average molecular weight is 410 g/mol. The van der Waals surface area contributed by atoms with Crippen LogP contribution in [-0.4, -0.2) is 14.6 Å². The van der Waals surface area contributed by atoms with Gasteiger partial charge in [-0.2, -0.15) is 0 Å². The molecule has 6 heteroatoms. The molecule has 0 fully saturated rings. The normalized spacial score (nSPS) is 10.5. The first-order valence-electron chi connectivity index (χ1n) is 8.33. The van der Waals surface area contributed by atoms with Crippen molar-refractivity contribution in [3.05, 3.63) is 83.7 Å². The Morgan fingerprint density at radius 3 is 2.31 bits per heavy atom. The Bertz CT molecular complexity index is 1010. The summed E-state index contributed by atoms with van der Waals surface area (Å²) in [5.41, 5.74) is 4.25. The molecule has 2 aromatic carbocycles. The lowest BCUT2D eigenvalue weighted by Crippen LogP contribution is -3.00. The zero-order valence-corrected chi connectivity index (χ0v) is 16.3. The minimum absolute atomic E-state index is 0. The number of fused-ring (bicyclic) bond motifs is 1. The number of benzene rings is 2. The van der Waals surface area contributed by atoms with Crippen molar-refractivity contribution in [2.75, 3.05) is 5.32 Å². The van der Waals surface area contributed by atoms with E-state index in [4.69, 9.17) is 10.1 Å². The van der Waals surface area contributed by atoms with Crippen LogP contribution in [0.4, 0.5) is 11.6 Å². The van der Waals surface area contributed by atoms with Gasteiger partial charge in [0.15, 0.2) is 0 Å². The Balaban J connectivity index is 0.00000196. The summed E-state index contributed by atoms with van der Waals surface area (Å²) in [7, 11) is 0. The molecular weight excluding hydrogens is 390 g/mol. The van der Waals surface area contributed by atoms with Gasteiger partial charge in [-0.3, -0.25) is 5.32 Å². The topological polar surface area (TPSA) is 46.1 Å². The Kier molecular flexibility index (Phi) is 5.32. The number of halogens is 1. The number of nitrogens with one attached hydrogen (secondary N) is 1. The van der Waals surface area contributed by atoms with Crippen molar-refractivity contribution in [1.29, 1.82) is 0 Å². The minimum atomic E-state index is 0. The molecule has 4 rings (SSSR count). The van der Waals surface area contributed by atoms with E-state index in [-0.39, 0.29) is 17.0 Å². The second kappa shape index (κ2) is 7.66. The molecule has 0 saturated heterocycles. The van der Waals surface area contributed by atoms with Crippen LogP contribution in [-0.2, 0) is 6.54 Å². The van der Waals surface area contributed by atoms with Gasteiger partial charge in [0.25, 0.3) is 0 Å². The van der Waals surface area contributed by atoms with E-state index < -0.39 is 0 Å². The van der Waals surface area contributed by atoms with E-state index in [9.17, 15) is 0 Å². The van der Waals surface area contributed by atoms with Crippen molar-refractivity contribution in [2.45, 2.75) is 20.4 Å². The predicted molar refractivity (Wildman–Crippen MR) is 97.9 cm³/mol. The predicted octanol–water partition coefficient (Wildman–Crippen LogP) is 0.430. The zero-order chi connectivity index (χ0) is 17.2. The molecule has 4 aromatic rings. The van der Waals surface area contributed by atoms with E-state index in [1.54, 1.807) is 0 Å². The first-order valence-corrected chi connectivity index (χ1v) is 8.33. The molecule has 0 aliphatic heterocycles. The van der Waals surface area contributed by atoms with Gasteiger partial charge in [0.2, 0.25) is 0 Å². The van der Waals surface area contributed by atoms with Crippen LogP contribution in [0.3, 0.4) is 0 Å². The lowest BCUT2D eigenvalue weighted by atomic mass is 10.2. The fourth-order valence-electron chi connectivity index (χ4n) is 2.95. The van der Waals surface area contributed by atoms with Crippen LogP contribution in [0, 0.1) is 13.8 Å². The molecule has 0 atom stereocenters. The molecule has 26 heavy (non-hydrogen) atoms. The van der Waals surface area contributed by atoms with Crippen molar-refractivity contribution in [3.63, 3.8) is 0 Å². The van der Waals surface area contributed by atoms with Gasteiger partial charge in [-0.05, 0) is 31.5 Å². The molecule has 5 nitrogen and oxygen atoms in total. The van der Waals surface area contributed by atoms with Crippen LogP contribution in [0.25, 0.3) is 5.78 Å². The van der Waals surface area contributed by atoms with Gasteiger partial charge >= 0.3 is 11.7 Å². The molecule has 0 aliphatic rings. The molecule has 0 aliphatic carbocycles. The third kappa shape index (κ3) is 3.60. The number of para-hydroxylation sites is 1. The number of hydrogen-bond donors (Lipinski definition) is 1. The highest BCUT2D eigenvalue weighted by Gasteiger charge is 2.22. The van der Waals surface area contributed by atoms with Crippen molar-refractivity contribution in [2.24, 2.45) is 0 Å². The highest BCUT2D eigenvalue weighted by Crippen LogP contribution is 2.14. The maximum Gasteiger partial charge on any atom is 0.359 e. The van der Waals surface area contributed by atoms with Gasteiger partial charge in [-0.15, -0.1) is 9.50 Å². The molecule has 0 amide bonds. The highest BCUT2D eigenvalue weighted by atomic mass is 79.9. The standard InChI is InChI=1S/C20H20N5.BrH/c1-15-13-16(2)25-20(21-15)24(14-17-9-5-3-6-10-17)19(23-25)22-18-11-7-4-8-12-18;/h3-13H,14H2,1-2H3,(H,22,23);1H/q+1;/p-1. The molecule has 0 radical (unpaired) electrons. The first kappa shape index (κ1) is 18.1. The second-order valence-electron chi connectivity index (χ2n) is 6.14. The fraction of sp³-hybridized carbons (Fsp3) is 0.150. The maximum absolute atomic E-state index is 4.75. The van der Waals surface area contributed by atoms with Gasteiger partial charge in [0.1, 0.15) is 0 Å². The van der Waals surface area contributed by atoms with Crippen LogP contribution >= 0.6 is 0 Å². The zero-order valence-electron chi connectivity index (χ0n) is 14.7. The molecule has 2 aromatic heterocycles. The molecule has 132 valence electrons. The highest BCUT2D eigenvalue weighted by molar-refractivity contribution is 5.51. The van der Waals surface area contributed by atoms with Crippen molar-refractivity contribution < 1.29 is 21.5 Å². The van der Waals surface area contributed by atoms with Crippen LogP contribution in [0.5, 0.6) is 0 Å². The molecule has 0 saturated carbocycles. The van der Waals surface area contributed by atoms with E-state index in [1.807, 2.05) is 60.8 Å². The fourth-order valence-corrected chi connectivity index (χ4v) is 2.95. The quantitative estimate of drug-likeness (QED) is 0.497. The second-order valence-corrected chi connectivity index (χ2v) is 6.14.